The van der Waals surface area contributed by atoms with Gasteiger partial charge in [0.1, 0.15) is 5.82 Å². The number of hydrogen-bond acceptors (Lipinski definition) is 2. The summed E-state index contributed by atoms with van der Waals surface area (Å²) in [6, 6.07) is 5.10. The summed E-state index contributed by atoms with van der Waals surface area (Å²) in [7, 11) is 0. The number of carbonyl (C=O) groups excluding carboxylic acids is 2. The lowest BCUT2D eigenvalue weighted by molar-refractivity contribution is -0.130. The molecular weight excluding hydrogens is 319 g/mol. The minimum absolute atomic E-state index is 0.0647. The SMILES string of the molecule is CC(=O)N1CCC(N(C(=O)c2cc(F)cc(C(C)C)c2)C2CC2)CC1. The van der Waals surface area contributed by atoms with Gasteiger partial charge in [0.15, 0.2) is 0 Å². The first-order valence-corrected chi connectivity index (χ1v) is 9.25. The van der Waals surface area contributed by atoms with Gasteiger partial charge in [-0.3, -0.25) is 9.59 Å². The summed E-state index contributed by atoms with van der Waals surface area (Å²) < 4.78 is 14.0. The second kappa shape index (κ2) is 7.14. The Bertz CT molecular complexity index is 662. The van der Waals surface area contributed by atoms with Crippen molar-refractivity contribution in [1.29, 1.82) is 0 Å². The summed E-state index contributed by atoms with van der Waals surface area (Å²) in [5, 5.41) is 0. The van der Waals surface area contributed by atoms with Crippen molar-refractivity contribution in [2.24, 2.45) is 0 Å². The van der Waals surface area contributed by atoms with E-state index in [4.69, 9.17) is 0 Å². The molecule has 0 bridgehead atoms. The van der Waals surface area contributed by atoms with Crippen LogP contribution in [0, 0.1) is 5.82 Å². The molecule has 2 fully saturated rings. The van der Waals surface area contributed by atoms with Gasteiger partial charge in [-0.2, -0.15) is 0 Å². The Morgan fingerprint density at radius 3 is 2.20 bits per heavy atom. The zero-order valence-electron chi connectivity index (χ0n) is 15.3. The number of benzene rings is 1. The molecule has 0 N–H and O–H groups in total. The van der Waals surface area contributed by atoms with Gasteiger partial charge in [0.2, 0.25) is 5.91 Å². The topological polar surface area (TPSA) is 40.6 Å². The van der Waals surface area contributed by atoms with Crippen molar-refractivity contribution in [3.05, 3.63) is 35.1 Å². The van der Waals surface area contributed by atoms with Crippen LogP contribution in [-0.4, -0.2) is 46.8 Å². The highest BCUT2D eigenvalue weighted by Crippen LogP contribution is 2.33. The number of rotatable bonds is 4. The molecule has 1 saturated carbocycles. The van der Waals surface area contributed by atoms with Gasteiger partial charge in [0.05, 0.1) is 0 Å². The molecule has 1 aromatic carbocycles. The van der Waals surface area contributed by atoms with Gasteiger partial charge in [0, 0.05) is 37.7 Å². The Morgan fingerprint density at radius 2 is 1.68 bits per heavy atom. The van der Waals surface area contributed by atoms with Crippen LogP contribution in [0.1, 0.15) is 68.3 Å². The molecule has 2 aliphatic rings. The number of amides is 2. The van der Waals surface area contributed by atoms with E-state index in [-0.39, 0.29) is 35.6 Å². The molecule has 1 aromatic rings. The maximum Gasteiger partial charge on any atom is 0.254 e. The molecule has 1 saturated heterocycles. The van der Waals surface area contributed by atoms with E-state index in [2.05, 4.69) is 0 Å². The molecule has 0 aromatic heterocycles. The first-order valence-electron chi connectivity index (χ1n) is 9.25. The van der Waals surface area contributed by atoms with Gasteiger partial charge in [-0.05, 0) is 55.4 Å². The predicted molar refractivity (Wildman–Crippen MR) is 95.0 cm³/mol. The monoisotopic (exact) mass is 346 g/mol. The Balaban J connectivity index is 1.80. The van der Waals surface area contributed by atoms with Gasteiger partial charge in [-0.1, -0.05) is 13.8 Å². The van der Waals surface area contributed by atoms with Gasteiger partial charge < -0.3 is 9.80 Å². The minimum Gasteiger partial charge on any atom is -0.343 e. The predicted octanol–water partition coefficient (Wildman–Crippen LogP) is 3.56. The fourth-order valence-corrected chi connectivity index (χ4v) is 3.66. The van der Waals surface area contributed by atoms with E-state index in [1.807, 2.05) is 29.7 Å². The molecule has 1 aliphatic carbocycles. The minimum atomic E-state index is -0.350. The summed E-state index contributed by atoms with van der Waals surface area (Å²) in [6.07, 6.45) is 3.64. The summed E-state index contributed by atoms with van der Waals surface area (Å²) in [5.74, 6) is -0.147. The maximum absolute atomic E-state index is 14.0. The Morgan fingerprint density at radius 1 is 1.08 bits per heavy atom. The lowest BCUT2D eigenvalue weighted by atomic mass is 9.98. The highest BCUT2D eigenvalue weighted by molar-refractivity contribution is 5.95. The number of likely N-dealkylation sites (tertiary alicyclic amines) is 1. The summed E-state index contributed by atoms with van der Waals surface area (Å²) in [6.45, 7) is 6.97. The third-order valence-electron chi connectivity index (χ3n) is 5.31. The molecule has 1 aliphatic heterocycles. The van der Waals surface area contributed by atoms with E-state index >= 15 is 0 Å². The normalized spacial score (nSPS) is 18.5. The molecule has 5 heteroatoms. The molecule has 0 radical (unpaired) electrons. The lowest BCUT2D eigenvalue weighted by Crippen LogP contribution is -2.49. The summed E-state index contributed by atoms with van der Waals surface area (Å²) in [5.41, 5.74) is 1.30. The van der Waals surface area contributed by atoms with Crippen LogP contribution in [0.5, 0.6) is 0 Å². The van der Waals surface area contributed by atoms with Crippen LogP contribution < -0.4 is 0 Å². The largest absolute Gasteiger partial charge is 0.343 e. The number of halogens is 1. The van der Waals surface area contributed by atoms with E-state index in [0.29, 0.717) is 18.7 Å². The highest BCUT2D eigenvalue weighted by Gasteiger charge is 2.39. The summed E-state index contributed by atoms with van der Waals surface area (Å²) in [4.78, 5) is 28.5. The van der Waals surface area contributed by atoms with Crippen LogP contribution in [0.3, 0.4) is 0 Å². The average molecular weight is 346 g/mol. The standard InChI is InChI=1S/C20H27FN2O2/c1-13(2)15-10-16(12-17(21)11-15)20(25)23(18-4-5-18)19-6-8-22(9-7-19)14(3)24/h10-13,18-19H,4-9H2,1-3H3. The quantitative estimate of drug-likeness (QED) is 0.836. The molecule has 0 unspecified atom stereocenters. The number of hydrogen-bond donors (Lipinski definition) is 0. The summed E-state index contributed by atoms with van der Waals surface area (Å²) >= 11 is 0. The van der Waals surface area contributed by atoms with E-state index in [0.717, 1.165) is 31.2 Å². The number of nitrogens with zero attached hydrogens (tertiary/aromatic N) is 2. The Hall–Kier alpha value is -1.91. The van der Waals surface area contributed by atoms with Crippen molar-refractivity contribution >= 4 is 11.8 Å². The first-order chi connectivity index (χ1) is 11.9. The average Bonchev–Trinajstić information content (AvgIpc) is 3.39. The zero-order chi connectivity index (χ0) is 18.1. The van der Waals surface area contributed by atoms with Crippen molar-refractivity contribution in [2.75, 3.05) is 13.1 Å². The van der Waals surface area contributed by atoms with Gasteiger partial charge in [-0.15, -0.1) is 0 Å². The lowest BCUT2D eigenvalue weighted by Gasteiger charge is -2.38. The van der Waals surface area contributed by atoms with Crippen molar-refractivity contribution in [3.63, 3.8) is 0 Å². The molecule has 1 heterocycles. The second-order valence-electron chi connectivity index (χ2n) is 7.61. The highest BCUT2D eigenvalue weighted by atomic mass is 19.1. The third-order valence-corrected chi connectivity index (χ3v) is 5.31. The van der Waals surface area contributed by atoms with Gasteiger partial charge in [0.25, 0.3) is 5.91 Å². The molecule has 0 atom stereocenters. The molecule has 0 spiro atoms. The van der Waals surface area contributed by atoms with E-state index in [9.17, 15) is 14.0 Å². The second-order valence-corrected chi connectivity index (χ2v) is 7.61. The van der Waals surface area contributed by atoms with E-state index in [1.54, 1.807) is 6.92 Å². The molecular formula is C20H27FN2O2. The van der Waals surface area contributed by atoms with Gasteiger partial charge in [-0.25, -0.2) is 4.39 Å². The Kier molecular flexibility index (Phi) is 5.11. The third kappa shape index (κ3) is 4.02. The fraction of sp³-hybridized carbons (Fsp3) is 0.600. The van der Waals surface area contributed by atoms with Crippen LogP contribution in [0.25, 0.3) is 0 Å². The van der Waals surface area contributed by atoms with Crippen LogP contribution in [0.15, 0.2) is 18.2 Å². The molecule has 25 heavy (non-hydrogen) atoms. The van der Waals surface area contributed by atoms with Crippen molar-refractivity contribution in [1.82, 2.24) is 9.80 Å². The molecule has 2 amide bonds. The van der Waals surface area contributed by atoms with Crippen LogP contribution in [0.4, 0.5) is 4.39 Å². The fourth-order valence-electron chi connectivity index (χ4n) is 3.66. The Labute approximate surface area is 149 Å². The van der Waals surface area contributed by atoms with Crippen molar-refractivity contribution < 1.29 is 14.0 Å². The number of piperidine rings is 1. The van der Waals surface area contributed by atoms with Crippen molar-refractivity contribution in [3.8, 4) is 0 Å². The van der Waals surface area contributed by atoms with Crippen LogP contribution in [0.2, 0.25) is 0 Å². The van der Waals surface area contributed by atoms with E-state index < -0.39 is 0 Å². The molecule has 136 valence electrons. The van der Waals surface area contributed by atoms with Crippen LogP contribution >= 0.6 is 0 Å². The number of carbonyl (C=O) groups is 2. The van der Waals surface area contributed by atoms with E-state index in [1.165, 1.54) is 12.1 Å². The first kappa shape index (κ1) is 17.9. The van der Waals surface area contributed by atoms with Crippen molar-refractivity contribution in [2.45, 2.75) is 64.5 Å². The maximum atomic E-state index is 14.0. The zero-order valence-corrected chi connectivity index (χ0v) is 15.3. The molecule has 3 rings (SSSR count). The molecule has 4 nitrogen and oxygen atoms in total. The van der Waals surface area contributed by atoms with Crippen LogP contribution in [-0.2, 0) is 4.79 Å². The van der Waals surface area contributed by atoms with Gasteiger partial charge >= 0.3 is 0 Å². The smallest absolute Gasteiger partial charge is 0.254 e.